The third kappa shape index (κ3) is 4.92. The number of nitrogens with two attached hydrogens (primary N) is 1. The molecular weight excluding hydrogens is 452 g/mol. The summed E-state index contributed by atoms with van der Waals surface area (Å²) in [6.07, 6.45) is 1.74. The number of amides is 2. The lowest BCUT2D eigenvalue weighted by molar-refractivity contribution is -0.122. The minimum atomic E-state index is -0.283. The second-order valence-corrected chi connectivity index (χ2v) is 8.99. The molecule has 1 aliphatic heterocycles. The molecule has 3 aromatic carbocycles. The molecular formula is C29H28N4O3. The Bertz CT molecular complexity index is 1420. The Morgan fingerprint density at radius 2 is 1.86 bits per heavy atom. The van der Waals surface area contributed by atoms with Gasteiger partial charge in [-0.3, -0.25) is 14.5 Å². The second kappa shape index (κ2) is 10.2. The Balaban J connectivity index is 1.42. The average molecular weight is 481 g/mol. The van der Waals surface area contributed by atoms with Crippen molar-refractivity contribution in [3.63, 3.8) is 0 Å². The van der Waals surface area contributed by atoms with Gasteiger partial charge in [-0.15, -0.1) is 0 Å². The van der Waals surface area contributed by atoms with Crippen molar-refractivity contribution < 1.29 is 14.3 Å². The van der Waals surface area contributed by atoms with Gasteiger partial charge in [0.15, 0.2) is 0 Å². The molecule has 1 unspecified atom stereocenters. The number of nitrogens with one attached hydrogen (secondary N) is 1. The molecule has 0 saturated carbocycles. The third-order valence-electron chi connectivity index (χ3n) is 6.61. The molecule has 4 aromatic rings. The first-order valence-electron chi connectivity index (χ1n) is 12.0. The molecule has 0 spiro atoms. The van der Waals surface area contributed by atoms with E-state index in [-0.39, 0.29) is 17.9 Å². The zero-order valence-electron chi connectivity index (χ0n) is 20.1. The fraction of sp³-hybridized carbons (Fsp3) is 0.207. The van der Waals surface area contributed by atoms with Gasteiger partial charge in [0.2, 0.25) is 5.91 Å². The van der Waals surface area contributed by atoms with Crippen LogP contribution in [0.5, 0.6) is 5.75 Å². The van der Waals surface area contributed by atoms with Crippen LogP contribution in [0.25, 0.3) is 22.2 Å². The number of anilines is 1. The summed E-state index contributed by atoms with van der Waals surface area (Å²) < 4.78 is 5.26. The number of hydrogen-bond donors (Lipinski definition) is 2. The molecule has 1 aliphatic rings. The molecule has 36 heavy (non-hydrogen) atoms. The molecule has 1 atom stereocenters. The molecule has 1 fully saturated rings. The highest BCUT2D eigenvalue weighted by atomic mass is 16.5. The highest BCUT2D eigenvalue weighted by Gasteiger charge is 2.28. The SMILES string of the molecule is COc1ccc(-c2cc(C(=O)Nc3cccc(CN4CCCC4C(N)=O)c3)c3ccccc3n2)cc1. The summed E-state index contributed by atoms with van der Waals surface area (Å²) in [5.74, 6) is 0.263. The maximum Gasteiger partial charge on any atom is 0.256 e. The van der Waals surface area contributed by atoms with Crippen LogP contribution >= 0.6 is 0 Å². The number of nitrogens with zero attached hydrogens (tertiary/aromatic N) is 2. The topological polar surface area (TPSA) is 97.5 Å². The highest BCUT2D eigenvalue weighted by Crippen LogP contribution is 2.27. The third-order valence-corrected chi connectivity index (χ3v) is 6.61. The molecule has 0 bridgehead atoms. The van der Waals surface area contributed by atoms with Crippen LogP contribution in [0.2, 0.25) is 0 Å². The van der Waals surface area contributed by atoms with Gasteiger partial charge < -0.3 is 15.8 Å². The number of likely N-dealkylation sites (tertiary alicyclic amines) is 1. The molecule has 0 aliphatic carbocycles. The van der Waals surface area contributed by atoms with Gasteiger partial charge in [-0.05, 0) is 73.5 Å². The van der Waals surface area contributed by atoms with E-state index in [4.69, 9.17) is 15.5 Å². The largest absolute Gasteiger partial charge is 0.497 e. The van der Waals surface area contributed by atoms with Crippen LogP contribution in [0.3, 0.4) is 0 Å². The van der Waals surface area contributed by atoms with Gasteiger partial charge in [0.1, 0.15) is 5.75 Å². The quantitative estimate of drug-likeness (QED) is 0.403. The number of hydrogen-bond acceptors (Lipinski definition) is 5. The number of fused-ring (bicyclic) bond motifs is 1. The van der Waals surface area contributed by atoms with Gasteiger partial charge in [0, 0.05) is 23.2 Å². The minimum Gasteiger partial charge on any atom is -0.497 e. The second-order valence-electron chi connectivity index (χ2n) is 8.99. The van der Waals surface area contributed by atoms with E-state index in [1.807, 2.05) is 78.9 Å². The van der Waals surface area contributed by atoms with Crippen molar-refractivity contribution in [3.8, 4) is 17.0 Å². The molecule has 2 heterocycles. The zero-order valence-corrected chi connectivity index (χ0v) is 20.1. The number of pyridine rings is 1. The van der Waals surface area contributed by atoms with Crippen molar-refractivity contribution in [1.29, 1.82) is 0 Å². The number of aromatic nitrogens is 1. The summed E-state index contributed by atoms with van der Waals surface area (Å²) in [5.41, 5.74) is 10.2. The summed E-state index contributed by atoms with van der Waals surface area (Å²) in [7, 11) is 1.63. The number of primary amides is 1. The van der Waals surface area contributed by atoms with E-state index in [1.54, 1.807) is 7.11 Å². The molecule has 3 N–H and O–H groups in total. The minimum absolute atomic E-state index is 0.211. The van der Waals surface area contributed by atoms with Crippen molar-refractivity contribution in [3.05, 3.63) is 90.0 Å². The van der Waals surface area contributed by atoms with E-state index in [9.17, 15) is 9.59 Å². The van der Waals surface area contributed by atoms with Crippen molar-refractivity contribution in [2.24, 2.45) is 5.73 Å². The maximum absolute atomic E-state index is 13.5. The summed E-state index contributed by atoms with van der Waals surface area (Å²) >= 11 is 0. The first kappa shape index (κ1) is 23.5. The molecule has 5 rings (SSSR count). The fourth-order valence-electron chi connectivity index (χ4n) is 4.79. The Kier molecular flexibility index (Phi) is 6.64. The monoisotopic (exact) mass is 480 g/mol. The van der Waals surface area contributed by atoms with Gasteiger partial charge in [-0.1, -0.05) is 30.3 Å². The number of carbonyl (C=O) groups is 2. The van der Waals surface area contributed by atoms with E-state index in [0.29, 0.717) is 23.5 Å². The van der Waals surface area contributed by atoms with Crippen LogP contribution in [0.1, 0.15) is 28.8 Å². The molecule has 1 saturated heterocycles. The van der Waals surface area contributed by atoms with Crippen molar-refractivity contribution in [2.75, 3.05) is 19.0 Å². The molecule has 7 nitrogen and oxygen atoms in total. The number of rotatable bonds is 7. The van der Waals surface area contributed by atoms with Crippen LogP contribution in [0.4, 0.5) is 5.69 Å². The molecule has 1 aromatic heterocycles. The van der Waals surface area contributed by atoms with Crippen LogP contribution in [0.15, 0.2) is 78.9 Å². The van der Waals surface area contributed by atoms with E-state index < -0.39 is 0 Å². The standard InChI is InChI=1S/C29H28N4O3/c1-36-22-13-11-20(12-14-22)26-17-24(23-8-2-3-9-25(23)32-26)29(35)31-21-7-4-6-19(16-21)18-33-15-5-10-27(33)28(30)34/h2-4,6-9,11-14,16-17,27H,5,10,15,18H2,1H3,(H2,30,34)(H,31,35). The van der Waals surface area contributed by atoms with Crippen molar-refractivity contribution in [1.82, 2.24) is 9.88 Å². The van der Waals surface area contributed by atoms with E-state index in [2.05, 4.69) is 10.2 Å². The maximum atomic E-state index is 13.5. The van der Waals surface area contributed by atoms with E-state index in [0.717, 1.165) is 47.2 Å². The number of ether oxygens (including phenoxy) is 1. The lowest BCUT2D eigenvalue weighted by Crippen LogP contribution is -2.39. The molecule has 182 valence electrons. The lowest BCUT2D eigenvalue weighted by Gasteiger charge is -2.22. The van der Waals surface area contributed by atoms with Crippen molar-refractivity contribution in [2.45, 2.75) is 25.4 Å². The smallest absolute Gasteiger partial charge is 0.256 e. The van der Waals surface area contributed by atoms with Crippen LogP contribution in [-0.2, 0) is 11.3 Å². The van der Waals surface area contributed by atoms with Gasteiger partial charge in [0.05, 0.1) is 29.9 Å². The van der Waals surface area contributed by atoms with E-state index >= 15 is 0 Å². The van der Waals surface area contributed by atoms with E-state index in [1.165, 1.54) is 0 Å². The van der Waals surface area contributed by atoms with Crippen LogP contribution in [-0.4, -0.2) is 41.4 Å². The molecule has 7 heteroatoms. The number of methoxy groups -OCH3 is 1. The first-order chi connectivity index (χ1) is 17.5. The Morgan fingerprint density at radius 1 is 1.06 bits per heavy atom. The first-order valence-corrected chi connectivity index (χ1v) is 12.0. The fourth-order valence-corrected chi connectivity index (χ4v) is 4.79. The normalized spacial score (nSPS) is 15.6. The van der Waals surface area contributed by atoms with Crippen LogP contribution < -0.4 is 15.8 Å². The average Bonchev–Trinajstić information content (AvgIpc) is 3.36. The summed E-state index contributed by atoms with van der Waals surface area (Å²) in [4.78, 5) is 32.1. The Hall–Kier alpha value is -4.23. The molecule has 0 radical (unpaired) electrons. The molecule has 2 amide bonds. The predicted molar refractivity (Wildman–Crippen MR) is 141 cm³/mol. The summed E-state index contributed by atoms with van der Waals surface area (Å²) in [6.45, 7) is 1.44. The van der Waals surface area contributed by atoms with Gasteiger partial charge >= 0.3 is 0 Å². The lowest BCUT2D eigenvalue weighted by atomic mass is 10.0. The number of carbonyl (C=O) groups excluding carboxylic acids is 2. The summed E-state index contributed by atoms with van der Waals surface area (Å²) in [6, 6.07) is 24.5. The van der Waals surface area contributed by atoms with Crippen molar-refractivity contribution >= 4 is 28.4 Å². The zero-order chi connectivity index (χ0) is 25.1. The Labute approximate surface area is 209 Å². The number of benzene rings is 3. The predicted octanol–water partition coefficient (Wildman–Crippen LogP) is 4.61. The number of para-hydroxylation sites is 1. The summed E-state index contributed by atoms with van der Waals surface area (Å²) in [5, 5.41) is 3.83. The van der Waals surface area contributed by atoms with Gasteiger partial charge in [-0.25, -0.2) is 4.98 Å². The Morgan fingerprint density at radius 3 is 2.64 bits per heavy atom. The van der Waals surface area contributed by atoms with Gasteiger partial charge in [-0.2, -0.15) is 0 Å². The van der Waals surface area contributed by atoms with Crippen LogP contribution in [0, 0.1) is 0 Å². The highest BCUT2D eigenvalue weighted by molar-refractivity contribution is 6.13. The van der Waals surface area contributed by atoms with Gasteiger partial charge in [0.25, 0.3) is 5.91 Å².